The summed E-state index contributed by atoms with van der Waals surface area (Å²) in [6, 6.07) is 0. The van der Waals surface area contributed by atoms with Gasteiger partial charge in [0.05, 0.1) is 6.61 Å². The summed E-state index contributed by atoms with van der Waals surface area (Å²) in [5.74, 6) is 2.63. The van der Waals surface area contributed by atoms with E-state index in [0.29, 0.717) is 18.2 Å². The Balaban J connectivity index is 1.76. The first-order valence-corrected chi connectivity index (χ1v) is 6.87. The van der Waals surface area contributed by atoms with Crippen molar-refractivity contribution in [2.24, 2.45) is 17.8 Å². The molecule has 1 saturated carbocycles. The molecule has 18 heavy (non-hydrogen) atoms. The van der Waals surface area contributed by atoms with E-state index in [0.717, 1.165) is 29.7 Å². The maximum absolute atomic E-state index is 11.7. The highest BCUT2D eigenvalue weighted by molar-refractivity contribution is 5.89. The molecule has 1 heterocycles. The van der Waals surface area contributed by atoms with E-state index in [9.17, 15) is 4.79 Å². The van der Waals surface area contributed by atoms with Gasteiger partial charge in [-0.25, -0.2) is 4.79 Å². The van der Waals surface area contributed by atoms with Gasteiger partial charge in [-0.1, -0.05) is 13.8 Å². The van der Waals surface area contributed by atoms with Gasteiger partial charge in [0.2, 0.25) is 0 Å². The summed E-state index contributed by atoms with van der Waals surface area (Å²) < 4.78 is 5.03. The number of hydrogen-bond acceptors (Lipinski definition) is 3. The average molecular weight is 248 g/mol. The molecule has 98 valence electrons. The van der Waals surface area contributed by atoms with Gasteiger partial charge >= 0.3 is 5.97 Å². The Labute approximate surface area is 107 Å². The van der Waals surface area contributed by atoms with Crippen LogP contribution in [0, 0.1) is 17.8 Å². The highest BCUT2D eigenvalue weighted by Crippen LogP contribution is 2.63. The summed E-state index contributed by atoms with van der Waals surface area (Å²) in [5.41, 5.74) is 2.83. The van der Waals surface area contributed by atoms with E-state index in [-0.39, 0.29) is 5.97 Å². The van der Waals surface area contributed by atoms with E-state index in [4.69, 9.17) is 4.74 Å². The third kappa shape index (κ3) is 1.66. The molecule has 3 atom stereocenters. The van der Waals surface area contributed by atoms with E-state index in [1.165, 1.54) is 12.1 Å². The molecular weight excluding hydrogens is 228 g/mol. The minimum Gasteiger partial charge on any atom is -0.461 e. The van der Waals surface area contributed by atoms with Crippen LogP contribution in [0.15, 0.2) is 0 Å². The number of rotatable bonds is 4. The molecular formula is C14H20N2O2. The lowest BCUT2D eigenvalue weighted by atomic mass is 9.99. The third-order valence-corrected chi connectivity index (χ3v) is 4.22. The Morgan fingerprint density at radius 1 is 1.56 bits per heavy atom. The van der Waals surface area contributed by atoms with E-state index < -0.39 is 0 Å². The van der Waals surface area contributed by atoms with Crippen molar-refractivity contribution in [2.45, 2.75) is 39.5 Å². The lowest BCUT2D eigenvalue weighted by molar-refractivity contribution is 0.0518. The number of nitrogens with zero attached hydrogens (tertiary/aromatic N) is 1. The largest absolute Gasteiger partial charge is 0.461 e. The first-order valence-electron chi connectivity index (χ1n) is 6.87. The van der Waals surface area contributed by atoms with Gasteiger partial charge in [0, 0.05) is 17.2 Å². The minimum absolute atomic E-state index is 0.281. The zero-order valence-electron chi connectivity index (χ0n) is 11.2. The molecule has 0 radical (unpaired) electrons. The number of aromatic nitrogens is 2. The zero-order chi connectivity index (χ0) is 12.9. The highest BCUT2D eigenvalue weighted by atomic mass is 16.5. The Hall–Kier alpha value is -1.32. The van der Waals surface area contributed by atoms with Crippen molar-refractivity contribution in [2.75, 3.05) is 6.61 Å². The number of aromatic amines is 1. The quantitative estimate of drug-likeness (QED) is 0.833. The summed E-state index contributed by atoms with van der Waals surface area (Å²) in [6.45, 7) is 6.77. The van der Waals surface area contributed by atoms with Crippen molar-refractivity contribution in [3.05, 3.63) is 17.0 Å². The number of H-pyrrole nitrogens is 1. The molecule has 1 fully saturated rings. The Kier molecular flexibility index (Phi) is 2.68. The van der Waals surface area contributed by atoms with Crippen LogP contribution >= 0.6 is 0 Å². The third-order valence-electron chi connectivity index (χ3n) is 4.22. The molecule has 2 aliphatic carbocycles. The molecule has 3 unspecified atom stereocenters. The Morgan fingerprint density at radius 3 is 3.00 bits per heavy atom. The number of fused-ring (bicyclic) bond motifs is 3. The van der Waals surface area contributed by atoms with Gasteiger partial charge in [0.1, 0.15) is 0 Å². The average Bonchev–Trinajstić information content (AvgIpc) is 2.70. The van der Waals surface area contributed by atoms with Gasteiger partial charge in [-0.05, 0) is 37.5 Å². The molecule has 0 amide bonds. The topological polar surface area (TPSA) is 55.0 Å². The molecule has 1 aromatic heterocycles. The first kappa shape index (κ1) is 11.8. The second-order valence-corrected chi connectivity index (χ2v) is 5.87. The summed E-state index contributed by atoms with van der Waals surface area (Å²) in [7, 11) is 0. The normalized spacial score (nSPS) is 28.1. The summed E-state index contributed by atoms with van der Waals surface area (Å²) in [6.07, 6.45) is 2.28. The second kappa shape index (κ2) is 4.11. The van der Waals surface area contributed by atoms with Crippen LogP contribution in [-0.2, 0) is 11.2 Å². The molecule has 0 saturated heterocycles. The molecule has 1 N–H and O–H groups in total. The summed E-state index contributed by atoms with van der Waals surface area (Å²) in [5, 5.41) is 7.22. The van der Waals surface area contributed by atoms with Gasteiger partial charge in [0.25, 0.3) is 0 Å². The van der Waals surface area contributed by atoms with Crippen LogP contribution in [0.25, 0.3) is 0 Å². The van der Waals surface area contributed by atoms with Gasteiger partial charge < -0.3 is 4.74 Å². The number of carbonyl (C=O) groups is 1. The molecule has 0 bridgehead atoms. The maximum Gasteiger partial charge on any atom is 0.359 e. The molecule has 3 rings (SSSR count). The van der Waals surface area contributed by atoms with Gasteiger partial charge in [-0.2, -0.15) is 5.10 Å². The van der Waals surface area contributed by atoms with Gasteiger partial charge in [-0.15, -0.1) is 0 Å². The van der Waals surface area contributed by atoms with Crippen LogP contribution < -0.4 is 0 Å². The van der Waals surface area contributed by atoms with Crippen LogP contribution in [0.4, 0.5) is 0 Å². The van der Waals surface area contributed by atoms with Crippen LogP contribution in [0.2, 0.25) is 0 Å². The monoisotopic (exact) mass is 248 g/mol. The molecule has 4 heteroatoms. The molecule has 0 spiro atoms. The van der Waals surface area contributed by atoms with E-state index >= 15 is 0 Å². The van der Waals surface area contributed by atoms with Gasteiger partial charge in [-0.3, -0.25) is 5.10 Å². The molecule has 1 aromatic rings. The fraction of sp³-hybridized carbons (Fsp3) is 0.714. The lowest BCUT2D eigenvalue weighted by Gasteiger charge is -2.07. The predicted molar refractivity (Wildman–Crippen MR) is 67.4 cm³/mol. The molecule has 2 aliphatic rings. The molecule has 0 aromatic carbocycles. The fourth-order valence-corrected chi connectivity index (χ4v) is 3.48. The van der Waals surface area contributed by atoms with Crippen molar-refractivity contribution in [1.29, 1.82) is 0 Å². The number of esters is 1. The highest BCUT2D eigenvalue weighted by Gasteiger charge is 2.57. The summed E-state index contributed by atoms with van der Waals surface area (Å²) >= 11 is 0. The van der Waals surface area contributed by atoms with E-state index in [1.807, 2.05) is 6.92 Å². The number of ether oxygens (including phenoxy) is 1. The van der Waals surface area contributed by atoms with Crippen LogP contribution in [0.5, 0.6) is 0 Å². The molecule has 0 aliphatic heterocycles. The maximum atomic E-state index is 11.7. The first-order chi connectivity index (χ1) is 8.63. The van der Waals surface area contributed by atoms with Gasteiger partial charge in [0.15, 0.2) is 5.69 Å². The van der Waals surface area contributed by atoms with Crippen molar-refractivity contribution in [3.8, 4) is 0 Å². The Bertz CT molecular complexity index is 478. The fourth-order valence-electron chi connectivity index (χ4n) is 3.48. The van der Waals surface area contributed by atoms with Crippen molar-refractivity contribution < 1.29 is 9.53 Å². The smallest absolute Gasteiger partial charge is 0.359 e. The standard InChI is InChI=1S/C14H20N2O2/c1-4-18-14(17)13-10-6-9-8(5-7(2)3)11(9)12(10)15-16-13/h7-9,11H,4-6H2,1-3H3,(H,15,16). The zero-order valence-corrected chi connectivity index (χ0v) is 11.2. The van der Waals surface area contributed by atoms with E-state index in [2.05, 4.69) is 24.0 Å². The number of hydrogen-bond donors (Lipinski definition) is 1. The van der Waals surface area contributed by atoms with Crippen molar-refractivity contribution in [3.63, 3.8) is 0 Å². The predicted octanol–water partition coefficient (Wildman–Crippen LogP) is 2.52. The number of carbonyl (C=O) groups excluding carboxylic acids is 1. The van der Waals surface area contributed by atoms with Crippen LogP contribution in [-0.4, -0.2) is 22.8 Å². The SMILES string of the molecule is CCOC(=O)c1n[nH]c2c1CC1C(CC(C)C)C21. The lowest BCUT2D eigenvalue weighted by Crippen LogP contribution is -2.08. The van der Waals surface area contributed by atoms with Crippen LogP contribution in [0.3, 0.4) is 0 Å². The van der Waals surface area contributed by atoms with E-state index in [1.54, 1.807) is 0 Å². The van der Waals surface area contributed by atoms with Crippen molar-refractivity contribution >= 4 is 5.97 Å². The summed E-state index contributed by atoms with van der Waals surface area (Å²) in [4.78, 5) is 11.7. The van der Waals surface area contributed by atoms with Crippen molar-refractivity contribution in [1.82, 2.24) is 10.2 Å². The Morgan fingerprint density at radius 2 is 2.33 bits per heavy atom. The number of nitrogens with one attached hydrogen (secondary N) is 1. The second-order valence-electron chi connectivity index (χ2n) is 5.87. The molecule has 4 nitrogen and oxygen atoms in total. The van der Waals surface area contributed by atoms with Crippen LogP contribution in [0.1, 0.15) is 54.9 Å². The minimum atomic E-state index is -0.281.